The molecular formula is C8H13N3O. The van der Waals surface area contributed by atoms with Crippen molar-refractivity contribution in [3.63, 3.8) is 0 Å². The van der Waals surface area contributed by atoms with E-state index in [1.54, 1.807) is 11.8 Å². The minimum Gasteiger partial charge on any atom is -0.481 e. The minimum atomic E-state index is 0.364. The van der Waals surface area contributed by atoms with E-state index in [9.17, 15) is 0 Å². The zero-order valence-electron chi connectivity index (χ0n) is 7.59. The fourth-order valence-electron chi connectivity index (χ4n) is 1.74. The largest absolute Gasteiger partial charge is 0.481 e. The van der Waals surface area contributed by atoms with Crippen molar-refractivity contribution in [3.8, 4) is 5.88 Å². The van der Waals surface area contributed by atoms with E-state index in [4.69, 9.17) is 4.74 Å². The summed E-state index contributed by atoms with van der Waals surface area (Å²) in [4.78, 5) is 0. The molecule has 1 N–H and O–H groups in total. The van der Waals surface area contributed by atoms with Crippen LogP contribution in [-0.2, 0) is 13.6 Å². The maximum absolute atomic E-state index is 5.26. The molecule has 0 aromatic carbocycles. The quantitative estimate of drug-likeness (QED) is 0.665. The molecule has 1 aromatic heterocycles. The van der Waals surface area contributed by atoms with Gasteiger partial charge in [0.1, 0.15) is 0 Å². The highest BCUT2D eigenvalue weighted by Crippen LogP contribution is 2.32. The topological polar surface area (TPSA) is 39.1 Å². The van der Waals surface area contributed by atoms with Crippen LogP contribution in [0.3, 0.4) is 0 Å². The predicted molar refractivity (Wildman–Crippen MR) is 45.0 cm³/mol. The van der Waals surface area contributed by atoms with E-state index in [1.807, 2.05) is 7.05 Å². The van der Waals surface area contributed by atoms with E-state index >= 15 is 0 Å². The van der Waals surface area contributed by atoms with Crippen molar-refractivity contribution in [1.29, 1.82) is 0 Å². The van der Waals surface area contributed by atoms with Gasteiger partial charge in [0, 0.05) is 19.6 Å². The third-order valence-electron chi connectivity index (χ3n) is 2.31. The Kier molecular flexibility index (Phi) is 1.58. The number of fused-ring (bicyclic) bond motifs is 1. The number of methoxy groups -OCH3 is 1. The van der Waals surface area contributed by atoms with Gasteiger partial charge in [0.25, 0.3) is 0 Å². The van der Waals surface area contributed by atoms with Crippen molar-refractivity contribution in [2.24, 2.45) is 7.05 Å². The monoisotopic (exact) mass is 167 g/mol. The normalized spacial score (nSPS) is 21.1. The SMILES string of the molecule is COc1c2c(nn1C)CNC2C. The fraction of sp³-hybridized carbons (Fsp3) is 0.625. The lowest BCUT2D eigenvalue weighted by Gasteiger charge is -2.07. The summed E-state index contributed by atoms with van der Waals surface area (Å²) in [6.45, 7) is 2.98. The van der Waals surface area contributed by atoms with Crippen LogP contribution in [0.15, 0.2) is 0 Å². The Labute approximate surface area is 71.5 Å². The Bertz CT molecular complexity index is 305. The summed E-state index contributed by atoms with van der Waals surface area (Å²) in [7, 11) is 3.59. The summed E-state index contributed by atoms with van der Waals surface area (Å²) in [6.07, 6.45) is 0. The van der Waals surface area contributed by atoms with Crippen LogP contribution < -0.4 is 10.1 Å². The average Bonchev–Trinajstić information content (AvgIpc) is 2.52. The van der Waals surface area contributed by atoms with Gasteiger partial charge < -0.3 is 10.1 Å². The first-order chi connectivity index (χ1) is 5.74. The number of rotatable bonds is 1. The zero-order chi connectivity index (χ0) is 8.72. The van der Waals surface area contributed by atoms with Crippen molar-refractivity contribution < 1.29 is 4.74 Å². The van der Waals surface area contributed by atoms with E-state index in [-0.39, 0.29) is 0 Å². The van der Waals surface area contributed by atoms with Gasteiger partial charge in [-0.2, -0.15) is 5.10 Å². The van der Waals surface area contributed by atoms with Crippen molar-refractivity contribution in [3.05, 3.63) is 11.3 Å². The van der Waals surface area contributed by atoms with Crippen LogP contribution in [0.5, 0.6) is 5.88 Å². The average molecular weight is 167 g/mol. The second-order valence-electron chi connectivity index (χ2n) is 3.10. The molecule has 2 heterocycles. The first kappa shape index (κ1) is 7.61. The van der Waals surface area contributed by atoms with Crippen LogP contribution in [0.4, 0.5) is 0 Å². The Morgan fingerprint density at radius 3 is 3.08 bits per heavy atom. The van der Waals surface area contributed by atoms with Crippen molar-refractivity contribution >= 4 is 0 Å². The summed E-state index contributed by atoms with van der Waals surface area (Å²) < 4.78 is 7.05. The van der Waals surface area contributed by atoms with Gasteiger partial charge in [-0.25, -0.2) is 4.68 Å². The molecule has 1 aliphatic heterocycles. The number of aryl methyl sites for hydroxylation is 1. The van der Waals surface area contributed by atoms with Crippen LogP contribution >= 0.6 is 0 Å². The van der Waals surface area contributed by atoms with Crippen LogP contribution in [0.25, 0.3) is 0 Å². The van der Waals surface area contributed by atoms with Gasteiger partial charge in [0.05, 0.1) is 18.4 Å². The standard InChI is InChI=1S/C8H13N3O/c1-5-7-6(4-9-5)10-11(2)8(7)12-3/h5,9H,4H2,1-3H3. The van der Waals surface area contributed by atoms with E-state index < -0.39 is 0 Å². The lowest BCUT2D eigenvalue weighted by molar-refractivity contribution is 0.364. The highest BCUT2D eigenvalue weighted by Gasteiger charge is 2.26. The van der Waals surface area contributed by atoms with Gasteiger partial charge in [0.15, 0.2) is 0 Å². The number of aromatic nitrogens is 2. The second-order valence-corrected chi connectivity index (χ2v) is 3.10. The Morgan fingerprint density at radius 2 is 2.42 bits per heavy atom. The molecule has 1 aliphatic rings. The third-order valence-corrected chi connectivity index (χ3v) is 2.31. The predicted octanol–water partition coefficient (Wildman–Crippen LogP) is 0.593. The maximum atomic E-state index is 5.26. The Morgan fingerprint density at radius 1 is 1.67 bits per heavy atom. The second kappa shape index (κ2) is 2.48. The smallest absolute Gasteiger partial charge is 0.216 e. The van der Waals surface area contributed by atoms with Crippen molar-refractivity contribution in [2.75, 3.05) is 7.11 Å². The molecule has 1 atom stereocenters. The molecule has 66 valence electrons. The Hall–Kier alpha value is -1.03. The molecule has 0 saturated heterocycles. The van der Waals surface area contributed by atoms with E-state index in [0.29, 0.717) is 6.04 Å². The van der Waals surface area contributed by atoms with Gasteiger partial charge in [0.2, 0.25) is 5.88 Å². The summed E-state index contributed by atoms with van der Waals surface area (Å²) in [6, 6.07) is 0.364. The number of nitrogens with one attached hydrogen (secondary N) is 1. The highest BCUT2D eigenvalue weighted by atomic mass is 16.5. The lowest BCUT2D eigenvalue weighted by Crippen LogP contribution is -2.10. The molecule has 0 fully saturated rings. The van der Waals surface area contributed by atoms with Crippen LogP contribution in [0, 0.1) is 0 Å². The van der Waals surface area contributed by atoms with E-state index in [2.05, 4.69) is 17.3 Å². The lowest BCUT2D eigenvalue weighted by atomic mass is 10.2. The van der Waals surface area contributed by atoms with E-state index in [1.165, 1.54) is 5.56 Å². The molecule has 1 aromatic rings. The van der Waals surface area contributed by atoms with Crippen LogP contribution in [0.1, 0.15) is 24.2 Å². The molecule has 0 saturated carbocycles. The molecule has 0 bridgehead atoms. The molecule has 0 spiro atoms. The fourth-order valence-corrected chi connectivity index (χ4v) is 1.74. The molecule has 2 rings (SSSR count). The van der Waals surface area contributed by atoms with Crippen molar-refractivity contribution in [2.45, 2.75) is 19.5 Å². The molecule has 1 unspecified atom stereocenters. The molecule has 0 radical (unpaired) electrons. The van der Waals surface area contributed by atoms with Gasteiger partial charge >= 0.3 is 0 Å². The van der Waals surface area contributed by atoms with Gasteiger partial charge in [-0.05, 0) is 6.92 Å². The van der Waals surface area contributed by atoms with Crippen LogP contribution in [0.2, 0.25) is 0 Å². The summed E-state index contributed by atoms with van der Waals surface area (Å²) in [5, 5.41) is 7.65. The molecule has 12 heavy (non-hydrogen) atoms. The summed E-state index contributed by atoms with van der Waals surface area (Å²) >= 11 is 0. The number of ether oxygens (including phenoxy) is 1. The van der Waals surface area contributed by atoms with E-state index in [0.717, 1.165) is 18.1 Å². The maximum Gasteiger partial charge on any atom is 0.216 e. The van der Waals surface area contributed by atoms with Gasteiger partial charge in [-0.1, -0.05) is 0 Å². The Balaban J connectivity index is 2.54. The van der Waals surface area contributed by atoms with Gasteiger partial charge in [-0.15, -0.1) is 0 Å². The third kappa shape index (κ3) is 0.845. The molecule has 0 aliphatic carbocycles. The summed E-state index contributed by atoms with van der Waals surface area (Å²) in [5.41, 5.74) is 2.32. The molecule has 4 heteroatoms. The van der Waals surface area contributed by atoms with Crippen molar-refractivity contribution in [1.82, 2.24) is 15.1 Å². The number of nitrogens with zero attached hydrogens (tertiary/aromatic N) is 2. The van der Waals surface area contributed by atoms with Crippen LogP contribution in [-0.4, -0.2) is 16.9 Å². The minimum absolute atomic E-state index is 0.364. The zero-order valence-corrected chi connectivity index (χ0v) is 7.59. The molecule has 4 nitrogen and oxygen atoms in total. The number of hydrogen-bond acceptors (Lipinski definition) is 3. The first-order valence-corrected chi connectivity index (χ1v) is 4.07. The first-order valence-electron chi connectivity index (χ1n) is 4.07. The molecular weight excluding hydrogens is 154 g/mol. The highest BCUT2D eigenvalue weighted by molar-refractivity contribution is 5.37. The molecule has 0 amide bonds. The number of hydrogen-bond donors (Lipinski definition) is 1. The summed E-state index contributed by atoms with van der Waals surface area (Å²) in [5.74, 6) is 0.877. The van der Waals surface area contributed by atoms with Gasteiger partial charge in [-0.3, -0.25) is 0 Å².